The van der Waals surface area contributed by atoms with E-state index in [0.717, 1.165) is 0 Å². The highest BCUT2D eigenvalue weighted by Gasteiger charge is 2.28. The summed E-state index contributed by atoms with van der Waals surface area (Å²) in [5.41, 5.74) is -2.04. The maximum Gasteiger partial charge on any atom is 0.408 e. The largest absolute Gasteiger partial charge is 0.484 e. The number of carboxylic acids is 1. The van der Waals surface area contributed by atoms with Gasteiger partial charge in [-0.15, -0.1) is 0 Å². The van der Waals surface area contributed by atoms with Crippen LogP contribution >= 0.6 is 0 Å². The molecule has 1 rings (SSSR count). The summed E-state index contributed by atoms with van der Waals surface area (Å²) >= 11 is 0. The molecule has 0 saturated carbocycles. The van der Waals surface area contributed by atoms with Gasteiger partial charge in [0.15, 0.2) is 6.04 Å². The smallest absolute Gasteiger partial charge is 0.408 e. The van der Waals surface area contributed by atoms with Crippen LogP contribution in [0, 0.1) is 21.7 Å². The van der Waals surface area contributed by atoms with Crippen molar-refractivity contribution in [3.8, 4) is 5.75 Å². The van der Waals surface area contributed by atoms with Crippen molar-refractivity contribution in [2.45, 2.75) is 32.4 Å². The summed E-state index contributed by atoms with van der Waals surface area (Å²) in [6, 6.07) is -0.840. The van der Waals surface area contributed by atoms with E-state index in [0.29, 0.717) is 12.1 Å². The minimum Gasteiger partial charge on any atom is -0.484 e. The number of nitro benzene ring substituents is 1. The number of halogens is 2. The highest BCUT2D eigenvalue weighted by atomic mass is 19.1. The monoisotopic (exact) mass is 362 g/mol. The lowest BCUT2D eigenvalue weighted by atomic mass is 10.2. The molecule has 0 fully saturated rings. The number of amides is 1. The van der Waals surface area contributed by atoms with Crippen LogP contribution < -0.4 is 10.1 Å². The number of carboxylic acid groups (broad SMARTS) is 1. The maximum atomic E-state index is 13.5. The van der Waals surface area contributed by atoms with E-state index in [9.17, 15) is 28.5 Å². The molecular formula is C14H16F2N2O7. The Hall–Kier alpha value is -2.98. The summed E-state index contributed by atoms with van der Waals surface area (Å²) in [6.07, 6.45) is -1.07. The number of benzene rings is 1. The minimum atomic E-state index is -1.67. The zero-order valence-corrected chi connectivity index (χ0v) is 13.5. The molecule has 0 radical (unpaired) electrons. The number of alkyl carbamates (subject to hydrolysis) is 1. The molecule has 1 aromatic rings. The minimum absolute atomic E-state index is 0.290. The number of aliphatic carboxylic acids is 1. The molecule has 0 heterocycles. The number of carbonyl (C=O) groups excluding carboxylic acids is 1. The van der Waals surface area contributed by atoms with Crippen LogP contribution in [0.25, 0.3) is 0 Å². The van der Waals surface area contributed by atoms with Crippen molar-refractivity contribution in [1.29, 1.82) is 0 Å². The topological polar surface area (TPSA) is 128 Å². The first-order valence-corrected chi connectivity index (χ1v) is 6.89. The van der Waals surface area contributed by atoms with Gasteiger partial charge in [0.1, 0.15) is 18.0 Å². The molecule has 9 nitrogen and oxygen atoms in total. The highest BCUT2D eigenvalue weighted by molar-refractivity contribution is 5.80. The van der Waals surface area contributed by atoms with Gasteiger partial charge in [0, 0.05) is 12.1 Å². The van der Waals surface area contributed by atoms with Gasteiger partial charge in [0.05, 0.1) is 4.92 Å². The Bertz CT molecular complexity index is 688. The number of nitrogens with zero attached hydrogens (tertiary/aromatic N) is 1. The molecule has 1 amide bonds. The fourth-order valence-corrected chi connectivity index (χ4v) is 1.63. The second-order valence-corrected chi connectivity index (χ2v) is 5.84. The van der Waals surface area contributed by atoms with Crippen molar-refractivity contribution in [2.24, 2.45) is 0 Å². The van der Waals surface area contributed by atoms with Gasteiger partial charge in [0.2, 0.25) is 11.6 Å². The molecule has 1 aromatic carbocycles. The molecule has 0 aliphatic carbocycles. The molecule has 0 aliphatic rings. The third kappa shape index (κ3) is 6.20. The zero-order valence-electron chi connectivity index (χ0n) is 13.5. The average Bonchev–Trinajstić information content (AvgIpc) is 2.39. The van der Waals surface area contributed by atoms with Gasteiger partial charge in [0.25, 0.3) is 0 Å². The van der Waals surface area contributed by atoms with Crippen molar-refractivity contribution in [2.75, 3.05) is 6.61 Å². The molecule has 25 heavy (non-hydrogen) atoms. The molecule has 0 saturated heterocycles. The predicted molar refractivity (Wildman–Crippen MR) is 79.3 cm³/mol. The lowest BCUT2D eigenvalue weighted by molar-refractivity contribution is -0.388. The number of hydrogen-bond acceptors (Lipinski definition) is 6. The van der Waals surface area contributed by atoms with Gasteiger partial charge in [-0.1, -0.05) is 0 Å². The van der Waals surface area contributed by atoms with Crippen molar-refractivity contribution >= 4 is 17.7 Å². The molecule has 2 N–H and O–H groups in total. The van der Waals surface area contributed by atoms with Crippen LogP contribution in [0.1, 0.15) is 20.8 Å². The van der Waals surface area contributed by atoms with Crippen LogP contribution in [0.3, 0.4) is 0 Å². The lowest BCUT2D eigenvalue weighted by Crippen LogP contribution is -2.46. The molecule has 0 aromatic heterocycles. The number of nitro groups is 1. The Kier molecular flexibility index (Phi) is 6.20. The SMILES string of the molecule is CC(C)(C)OC(=O)N[C@@H](COc1cc(F)cc(F)c1[N+](=O)[O-])C(=O)O. The molecule has 138 valence electrons. The molecule has 0 unspecified atom stereocenters. The predicted octanol–water partition coefficient (Wildman–Crippen LogP) is 2.23. The van der Waals surface area contributed by atoms with Crippen LogP contribution in [-0.4, -0.2) is 40.3 Å². The Morgan fingerprint density at radius 2 is 1.96 bits per heavy atom. The van der Waals surface area contributed by atoms with E-state index >= 15 is 0 Å². The highest BCUT2D eigenvalue weighted by Crippen LogP contribution is 2.31. The van der Waals surface area contributed by atoms with E-state index in [4.69, 9.17) is 14.6 Å². The molecular weight excluding hydrogens is 346 g/mol. The third-order valence-corrected chi connectivity index (χ3v) is 2.57. The first-order valence-electron chi connectivity index (χ1n) is 6.89. The molecule has 11 heteroatoms. The van der Waals surface area contributed by atoms with Gasteiger partial charge >= 0.3 is 17.7 Å². The van der Waals surface area contributed by atoms with Crippen LogP contribution in [0.4, 0.5) is 19.3 Å². The summed E-state index contributed by atoms with van der Waals surface area (Å²) < 4.78 is 36.4. The fourth-order valence-electron chi connectivity index (χ4n) is 1.63. The fraction of sp³-hybridized carbons (Fsp3) is 0.429. The van der Waals surface area contributed by atoms with Crippen LogP contribution in [0.5, 0.6) is 5.75 Å². The van der Waals surface area contributed by atoms with Crippen molar-refractivity contribution in [3.63, 3.8) is 0 Å². The number of carbonyl (C=O) groups is 2. The first-order chi connectivity index (χ1) is 11.4. The number of rotatable bonds is 6. The van der Waals surface area contributed by atoms with Crippen LogP contribution in [-0.2, 0) is 9.53 Å². The van der Waals surface area contributed by atoms with Gasteiger partial charge < -0.3 is 19.9 Å². The number of hydrogen-bond donors (Lipinski definition) is 2. The summed E-state index contributed by atoms with van der Waals surface area (Å²) in [5, 5.41) is 21.9. The summed E-state index contributed by atoms with van der Waals surface area (Å²) in [5.74, 6) is -4.97. The van der Waals surface area contributed by atoms with Gasteiger partial charge in [-0.05, 0) is 20.8 Å². The molecule has 1 atom stereocenters. The van der Waals surface area contributed by atoms with Gasteiger partial charge in [-0.2, -0.15) is 4.39 Å². The summed E-state index contributed by atoms with van der Waals surface area (Å²) in [7, 11) is 0. The maximum absolute atomic E-state index is 13.5. The first kappa shape index (κ1) is 20.1. The second-order valence-electron chi connectivity index (χ2n) is 5.84. The standard InChI is InChI=1S/C14H16F2N2O7/c1-14(2,3)25-13(21)17-9(12(19)20)6-24-10-5-7(15)4-8(16)11(10)18(22)23/h4-5,9H,6H2,1-3H3,(H,17,21)(H,19,20)/t9-/m0/s1. The Morgan fingerprint density at radius 3 is 2.44 bits per heavy atom. The molecule has 0 spiro atoms. The van der Waals surface area contributed by atoms with Crippen molar-refractivity contribution < 1.29 is 37.9 Å². The average molecular weight is 362 g/mol. The Balaban J connectivity index is 2.91. The third-order valence-electron chi connectivity index (χ3n) is 2.57. The van der Waals surface area contributed by atoms with Crippen molar-refractivity contribution in [3.05, 3.63) is 33.9 Å². The van der Waals surface area contributed by atoms with E-state index in [-0.39, 0.29) is 0 Å². The van der Waals surface area contributed by atoms with E-state index < -0.39 is 58.3 Å². The van der Waals surface area contributed by atoms with Gasteiger partial charge in [-0.3, -0.25) is 10.1 Å². The molecule has 0 bridgehead atoms. The van der Waals surface area contributed by atoms with E-state index in [1.54, 1.807) is 20.8 Å². The summed E-state index contributed by atoms with van der Waals surface area (Å²) in [6.45, 7) is 3.84. The molecule has 0 aliphatic heterocycles. The Morgan fingerprint density at radius 1 is 1.36 bits per heavy atom. The number of ether oxygens (including phenoxy) is 2. The second kappa shape index (κ2) is 7.73. The number of nitrogens with one attached hydrogen (secondary N) is 1. The van der Waals surface area contributed by atoms with Gasteiger partial charge in [-0.25, -0.2) is 14.0 Å². The van der Waals surface area contributed by atoms with Crippen molar-refractivity contribution in [1.82, 2.24) is 5.32 Å². The quantitative estimate of drug-likeness (QED) is 0.586. The van der Waals surface area contributed by atoms with E-state index in [1.807, 2.05) is 5.32 Å². The van der Waals surface area contributed by atoms with E-state index in [1.165, 1.54) is 0 Å². The van der Waals surface area contributed by atoms with E-state index in [2.05, 4.69) is 0 Å². The lowest BCUT2D eigenvalue weighted by Gasteiger charge is -2.22. The zero-order chi connectivity index (χ0) is 19.4. The summed E-state index contributed by atoms with van der Waals surface area (Å²) in [4.78, 5) is 32.4. The van der Waals surface area contributed by atoms with Crippen LogP contribution in [0.15, 0.2) is 12.1 Å². The Labute approximate surface area is 140 Å². The van der Waals surface area contributed by atoms with Crippen LogP contribution in [0.2, 0.25) is 0 Å². The normalized spacial score (nSPS) is 12.2.